The number of nitrogens with zero attached hydrogens (tertiary/aromatic N) is 3. The second-order valence-corrected chi connectivity index (χ2v) is 27.6. The van der Waals surface area contributed by atoms with E-state index in [9.17, 15) is 0 Å². The Morgan fingerprint density at radius 3 is 1.63 bits per heavy atom. The Morgan fingerprint density at radius 2 is 0.971 bits per heavy atom. The lowest BCUT2D eigenvalue weighted by molar-refractivity contribution is 0.403. The molecule has 5 heteroatoms. The maximum absolute atomic E-state index is 2.94. The van der Waals surface area contributed by atoms with E-state index in [-0.39, 0.29) is 46.2 Å². The summed E-state index contributed by atoms with van der Waals surface area (Å²) in [7, 11) is 0. The third-order valence-electron chi connectivity index (χ3n) is 19.2. The number of fused-ring (bicyclic) bond motifs is 22. The first-order valence-corrected chi connectivity index (χ1v) is 26.4. The molecule has 0 saturated carbocycles. The molecule has 5 heterocycles. The third kappa shape index (κ3) is 4.68. The molecule has 1 spiro atoms. The van der Waals surface area contributed by atoms with Gasteiger partial charge in [-0.05, 0) is 153 Å². The van der Waals surface area contributed by atoms with Gasteiger partial charge >= 0.3 is 13.7 Å². The van der Waals surface area contributed by atoms with Gasteiger partial charge in [0.1, 0.15) is 0 Å². The maximum Gasteiger partial charge on any atom is 0.307 e. The van der Waals surface area contributed by atoms with Crippen LogP contribution in [-0.2, 0) is 37.9 Å². The zero-order valence-corrected chi connectivity index (χ0v) is 43.9. The van der Waals surface area contributed by atoms with Gasteiger partial charge < -0.3 is 4.57 Å². The fourth-order valence-corrected chi connectivity index (χ4v) is 16.9. The molecule has 1 aromatic heterocycles. The van der Waals surface area contributed by atoms with Crippen LogP contribution in [0.4, 0.5) is 11.4 Å². The predicted molar refractivity (Wildman–Crippen MR) is 297 cm³/mol. The van der Waals surface area contributed by atoms with Gasteiger partial charge in [-0.15, -0.1) is 0 Å². The average Bonchev–Trinajstić information content (AvgIpc) is 4.07. The van der Waals surface area contributed by atoms with Gasteiger partial charge in [-0.1, -0.05) is 193 Å². The number of rotatable bonds is 0. The number of hydrogen-bond donors (Lipinski definition) is 0. The molecule has 7 aliphatic rings. The van der Waals surface area contributed by atoms with Crippen molar-refractivity contribution < 1.29 is 0 Å². The zero-order valence-electron chi connectivity index (χ0n) is 43.9. The van der Waals surface area contributed by atoms with Gasteiger partial charge in [0.2, 0.25) is 0 Å². The average molecular weight is 910 g/mol. The summed E-state index contributed by atoms with van der Waals surface area (Å²) in [4.78, 5) is 2.94. The van der Waals surface area contributed by atoms with E-state index in [0.717, 1.165) is 12.8 Å². The van der Waals surface area contributed by atoms with E-state index in [1.807, 2.05) is 0 Å². The quantitative estimate of drug-likeness (QED) is 0.140. The highest BCUT2D eigenvalue weighted by Crippen LogP contribution is 2.62. The van der Waals surface area contributed by atoms with Crippen molar-refractivity contribution in [1.82, 2.24) is 9.40 Å². The second kappa shape index (κ2) is 12.3. The van der Waals surface area contributed by atoms with Crippen LogP contribution in [0.15, 0.2) is 115 Å². The number of anilines is 2. The smallest absolute Gasteiger partial charge is 0.307 e. The molecule has 0 amide bonds. The molecule has 0 bridgehead atoms. The molecule has 346 valence electrons. The lowest BCUT2D eigenvalue weighted by Crippen LogP contribution is -2.69. The van der Waals surface area contributed by atoms with Crippen LogP contribution in [0, 0.1) is 0 Å². The molecule has 15 rings (SSSR count). The lowest BCUT2D eigenvalue weighted by atomic mass is 9.34. The number of para-hydroxylation sites is 1. The second-order valence-electron chi connectivity index (χ2n) is 27.6. The Morgan fingerprint density at radius 1 is 0.457 bits per heavy atom. The largest absolute Gasteiger partial charge is 0.310 e. The lowest BCUT2D eigenvalue weighted by Gasteiger charge is -2.44. The summed E-state index contributed by atoms with van der Waals surface area (Å²) >= 11 is 0. The Hall–Kier alpha value is -5.77. The standard InChI is InChI=1S/C65H65B2N3/c1-59(2,3)36-27-47-56-52(29-36)69-53-30-37(60(4,5)6)28-51-57(53)67(49-33-46-55(64(13,14)35-63(46,11)12)54-40-23-17-20-26-50(40)68(51)58(49)54)70(69)66(56)48-32-44-43(61(7,8)34-62(44,9)10)31-45(48)65(47)41-24-18-15-21-38(41)39-22-16-19-25-42(39)65/h15-33H,34-35H2,1-14H3. The van der Waals surface area contributed by atoms with E-state index in [1.54, 1.807) is 5.56 Å². The van der Waals surface area contributed by atoms with E-state index in [1.165, 1.54) is 122 Å². The van der Waals surface area contributed by atoms with Crippen molar-refractivity contribution in [3.05, 3.63) is 171 Å². The summed E-state index contributed by atoms with van der Waals surface area (Å²) < 4.78 is 2.72. The molecule has 0 N–H and O–H groups in total. The molecule has 0 fully saturated rings. The molecule has 4 aliphatic heterocycles. The summed E-state index contributed by atoms with van der Waals surface area (Å²) in [6.45, 7) is 34.6. The van der Waals surface area contributed by atoms with Gasteiger partial charge in [0.15, 0.2) is 0 Å². The summed E-state index contributed by atoms with van der Waals surface area (Å²) in [6.07, 6.45) is 2.25. The van der Waals surface area contributed by atoms with Crippen LogP contribution < -0.4 is 26.9 Å². The van der Waals surface area contributed by atoms with Crippen LogP contribution in [-0.4, -0.2) is 23.1 Å². The topological polar surface area (TPSA) is 11.4 Å². The Bertz CT molecular complexity index is 3740. The van der Waals surface area contributed by atoms with Crippen LogP contribution in [0.2, 0.25) is 0 Å². The highest BCUT2D eigenvalue weighted by Gasteiger charge is 2.64. The van der Waals surface area contributed by atoms with Crippen LogP contribution in [0.25, 0.3) is 38.6 Å². The molecule has 70 heavy (non-hydrogen) atoms. The van der Waals surface area contributed by atoms with Crippen molar-refractivity contribution in [3.63, 3.8) is 0 Å². The first-order chi connectivity index (χ1) is 33.0. The predicted octanol–water partition coefficient (Wildman–Crippen LogP) is 12.9. The minimum atomic E-state index is -0.500. The monoisotopic (exact) mass is 910 g/mol. The van der Waals surface area contributed by atoms with Gasteiger partial charge in [-0.2, -0.15) is 0 Å². The van der Waals surface area contributed by atoms with Gasteiger partial charge in [0.05, 0.1) is 27.8 Å². The minimum absolute atomic E-state index is 0.00534. The van der Waals surface area contributed by atoms with Crippen molar-refractivity contribution in [1.29, 1.82) is 0 Å². The number of hydrogen-bond acceptors (Lipinski definition) is 2. The fraction of sp³-hybridized carbons (Fsp3) is 0.354. The van der Waals surface area contributed by atoms with Gasteiger partial charge in [0, 0.05) is 16.5 Å². The van der Waals surface area contributed by atoms with Gasteiger partial charge in [0.25, 0.3) is 0 Å². The summed E-state index contributed by atoms with van der Waals surface area (Å²) in [6, 6.07) is 47.1. The van der Waals surface area contributed by atoms with E-state index in [2.05, 4.69) is 227 Å². The first kappa shape index (κ1) is 42.0. The highest BCUT2D eigenvalue weighted by atomic mass is 15.6. The summed E-state index contributed by atoms with van der Waals surface area (Å²) in [5, 5.41) is 5.65. The molecular formula is C65H65B2N3. The molecule has 0 saturated heterocycles. The van der Waals surface area contributed by atoms with E-state index in [4.69, 9.17) is 0 Å². The van der Waals surface area contributed by atoms with Crippen LogP contribution in [0.1, 0.15) is 165 Å². The van der Waals surface area contributed by atoms with Gasteiger partial charge in [-0.25, -0.2) is 0 Å². The van der Waals surface area contributed by atoms with E-state index < -0.39 is 5.41 Å². The number of benzene rings is 7. The molecule has 8 aromatic rings. The van der Waals surface area contributed by atoms with Crippen LogP contribution in [0.5, 0.6) is 0 Å². The van der Waals surface area contributed by atoms with E-state index in [0.29, 0.717) is 0 Å². The normalized spacial score (nSPS) is 20.2. The van der Waals surface area contributed by atoms with Crippen molar-refractivity contribution in [2.75, 3.05) is 5.01 Å². The third-order valence-corrected chi connectivity index (χ3v) is 19.2. The molecular weight excluding hydrogens is 844 g/mol. The molecule has 3 nitrogen and oxygen atoms in total. The van der Waals surface area contributed by atoms with Gasteiger partial charge in [-0.3, -0.25) is 9.84 Å². The van der Waals surface area contributed by atoms with Crippen molar-refractivity contribution in [3.8, 4) is 16.8 Å². The molecule has 0 radical (unpaired) electrons. The summed E-state index contributed by atoms with van der Waals surface area (Å²) in [5.41, 5.74) is 29.5. The van der Waals surface area contributed by atoms with E-state index >= 15 is 0 Å². The number of hydrazine groups is 1. The maximum atomic E-state index is 2.94. The minimum Gasteiger partial charge on any atom is -0.310 e. The Balaban J connectivity index is 1.15. The van der Waals surface area contributed by atoms with Crippen molar-refractivity contribution in [2.45, 2.75) is 148 Å². The Labute approximate surface area is 416 Å². The van der Waals surface area contributed by atoms with Crippen molar-refractivity contribution >= 4 is 68.7 Å². The Kier molecular flexibility index (Phi) is 7.36. The van der Waals surface area contributed by atoms with Crippen LogP contribution >= 0.6 is 0 Å². The number of aromatic nitrogens is 1. The fourth-order valence-electron chi connectivity index (χ4n) is 16.9. The molecule has 3 aliphatic carbocycles. The molecule has 7 aromatic carbocycles. The van der Waals surface area contributed by atoms with Crippen LogP contribution in [0.3, 0.4) is 0 Å². The zero-order chi connectivity index (χ0) is 48.5. The highest BCUT2D eigenvalue weighted by molar-refractivity contribution is 7.02. The molecule has 0 atom stereocenters. The molecule has 0 unspecified atom stereocenters. The SMILES string of the molecule is CC(C)(C)c1cc2c3c(c1)-n1c4ccccc4c4c5c(cc(c41)B3N1B3c4cc6c(cc4C4(c7ccccc7-c7ccccc74)c4cc(C(C)(C)C)cc(c43)N21)C(C)(C)CC6(C)C)C(C)(C)CC5(C)C. The summed E-state index contributed by atoms with van der Waals surface area (Å²) in [5.74, 6) is 0. The van der Waals surface area contributed by atoms with Crippen molar-refractivity contribution in [2.24, 2.45) is 0 Å². The first-order valence-electron chi connectivity index (χ1n) is 26.4.